The molecule has 0 aliphatic heterocycles. The van der Waals surface area contributed by atoms with Gasteiger partial charge in [0.15, 0.2) is 17.5 Å². The molecule has 3 heterocycles. The Labute approximate surface area is 334 Å². The standard InChI is InChI=1S/C53H34N4O/c1-2-11-36(12-3-1)51-54-52(56-53(55-51)40-24-28-44-43-16-8-9-17-48(43)58-49(44)32-40)37-20-18-33(19-21-37)34-22-26-41(27-23-34)57-46-29-25-35-10-6-7-15-42(35)50(46)45-30-38-13-4-5-14-39(38)31-47(45)57/h1-6,8-14,16-32H,7,15H2. The Morgan fingerprint density at radius 3 is 1.86 bits per heavy atom. The lowest BCUT2D eigenvalue weighted by Crippen LogP contribution is -2.00. The first-order valence-corrected chi connectivity index (χ1v) is 19.8. The van der Waals surface area contributed by atoms with E-state index in [1.54, 1.807) is 0 Å². The van der Waals surface area contributed by atoms with Gasteiger partial charge in [0.1, 0.15) is 11.2 Å². The highest BCUT2D eigenvalue weighted by atomic mass is 16.3. The normalized spacial score (nSPS) is 12.6. The zero-order valence-electron chi connectivity index (χ0n) is 31.4. The van der Waals surface area contributed by atoms with Crippen LogP contribution in [0.3, 0.4) is 0 Å². The molecular weight excluding hydrogens is 709 g/mol. The molecule has 12 rings (SSSR count). The van der Waals surface area contributed by atoms with Gasteiger partial charge in [-0.1, -0.05) is 133 Å². The lowest BCUT2D eigenvalue weighted by Gasteiger charge is -2.13. The van der Waals surface area contributed by atoms with E-state index in [0.29, 0.717) is 17.5 Å². The monoisotopic (exact) mass is 742 g/mol. The summed E-state index contributed by atoms with van der Waals surface area (Å²) in [6.45, 7) is 0. The summed E-state index contributed by atoms with van der Waals surface area (Å²) >= 11 is 0. The van der Waals surface area contributed by atoms with Crippen LogP contribution in [0.5, 0.6) is 0 Å². The minimum absolute atomic E-state index is 0.598. The summed E-state index contributed by atoms with van der Waals surface area (Å²) in [7, 11) is 0. The molecule has 3 aromatic heterocycles. The molecule has 0 amide bonds. The van der Waals surface area contributed by atoms with Crippen LogP contribution >= 0.6 is 0 Å². The topological polar surface area (TPSA) is 56.7 Å². The molecule has 5 nitrogen and oxygen atoms in total. The van der Waals surface area contributed by atoms with Gasteiger partial charge < -0.3 is 8.98 Å². The average Bonchev–Trinajstić information content (AvgIpc) is 3.83. The number of rotatable bonds is 5. The van der Waals surface area contributed by atoms with E-state index >= 15 is 0 Å². The summed E-state index contributed by atoms with van der Waals surface area (Å²) in [5, 5.41) is 7.36. The second-order valence-electron chi connectivity index (χ2n) is 15.1. The number of para-hydroxylation sites is 1. The summed E-state index contributed by atoms with van der Waals surface area (Å²) in [5.74, 6) is 1.84. The average molecular weight is 743 g/mol. The van der Waals surface area contributed by atoms with Crippen LogP contribution in [0.15, 0.2) is 180 Å². The number of furan rings is 1. The maximum absolute atomic E-state index is 6.23. The Bertz CT molecular complexity index is 3430. The van der Waals surface area contributed by atoms with Gasteiger partial charge in [-0.25, -0.2) is 15.0 Å². The van der Waals surface area contributed by atoms with E-state index in [-0.39, 0.29) is 0 Å². The second kappa shape index (κ2) is 13.0. The van der Waals surface area contributed by atoms with Crippen LogP contribution in [0.4, 0.5) is 0 Å². The molecule has 0 bridgehead atoms. The number of hydrogen-bond acceptors (Lipinski definition) is 4. The van der Waals surface area contributed by atoms with E-state index in [4.69, 9.17) is 19.4 Å². The van der Waals surface area contributed by atoms with Crippen LogP contribution in [0.2, 0.25) is 0 Å². The summed E-state index contributed by atoms with van der Waals surface area (Å²) in [4.78, 5) is 15.0. The minimum Gasteiger partial charge on any atom is -0.456 e. The molecule has 5 heteroatoms. The van der Waals surface area contributed by atoms with E-state index in [2.05, 4.69) is 132 Å². The highest BCUT2D eigenvalue weighted by molar-refractivity contribution is 6.15. The zero-order chi connectivity index (χ0) is 38.2. The van der Waals surface area contributed by atoms with Gasteiger partial charge >= 0.3 is 0 Å². The predicted octanol–water partition coefficient (Wildman–Crippen LogP) is 13.6. The Morgan fingerprint density at radius 2 is 1.07 bits per heavy atom. The molecule has 8 aromatic carbocycles. The number of fused-ring (bicyclic) bond motifs is 9. The number of nitrogens with zero attached hydrogens (tertiary/aromatic N) is 4. The van der Waals surface area contributed by atoms with Crippen molar-refractivity contribution in [3.63, 3.8) is 0 Å². The van der Waals surface area contributed by atoms with Crippen molar-refractivity contribution in [2.45, 2.75) is 12.8 Å². The van der Waals surface area contributed by atoms with Gasteiger partial charge in [0.2, 0.25) is 0 Å². The second-order valence-corrected chi connectivity index (χ2v) is 15.1. The fourth-order valence-electron chi connectivity index (χ4n) is 8.85. The molecule has 272 valence electrons. The van der Waals surface area contributed by atoms with Crippen LogP contribution in [-0.4, -0.2) is 19.5 Å². The molecule has 1 aliphatic rings. The van der Waals surface area contributed by atoms with Crippen molar-refractivity contribution in [1.82, 2.24) is 19.5 Å². The van der Waals surface area contributed by atoms with Crippen LogP contribution in [0.25, 0.3) is 112 Å². The summed E-state index contributed by atoms with van der Waals surface area (Å²) in [6, 6.07) is 59.9. The highest BCUT2D eigenvalue weighted by Crippen LogP contribution is 2.40. The molecule has 0 spiro atoms. The maximum Gasteiger partial charge on any atom is 0.164 e. The van der Waals surface area contributed by atoms with Gasteiger partial charge in [-0.05, 0) is 94.4 Å². The van der Waals surface area contributed by atoms with Gasteiger partial charge in [0.05, 0.1) is 11.0 Å². The van der Waals surface area contributed by atoms with Crippen LogP contribution in [-0.2, 0) is 6.42 Å². The molecule has 0 saturated carbocycles. The number of hydrogen-bond donors (Lipinski definition) is 0. The SMILES string of the molecule is C1=Cc2ccc3c(c2CC1)c1cc2ccccc2cc1n3-c1ccc(-c2ccc(-c3nc(-c4ccccc4)nc(-c4ccc5c(c4)oc4ccccc45)n3)cc2)cc1. The lowest BCUT2D eigenvalue weighted by atomic mass is 9.92. The third-order valence-corrected chi connectivity index (χ3v) is 11.7. The zero-order valence-corrected chi connectivity index (χ0v) is 31.4. The van der Waals surface area contributed by atoms with Crippen molar-refractivity contribution in [2.24, 2.45) is 0 Å². The minimum atomic E-state index is 0.598. The van der Waals surface area contributed by atoms with Crippen molar-refractivity contribution in [2.75, 3.05) is 0 Å². The third-order valence-electron chi connectivity index (χ3n) is 11.7. The molecule has 1 aliphatic carbocycles. The first-order chi connectivity index (χ1) is 28.7. The fraction of sp³-hybridized carbons (Fsp3) is 0.0377. The molecule has 0 saturated heterocycles. The summed E-state index contributed by atoms with van der Waals surface area (Å²) < 4.78 is 8.67. The van der Waals surface area contributed by atoms with Gasteiger partial charge in [-0.15, -0.1) is 0 Å². The molecule has 0 N–H and O–H groups in total. The van der Waals surface area contributed by atoms with E-state index < -0.39 is 0 Å². The smallest absolute Gasteiger partial charge is 0.164 e. The fourth-order valence-corrected chi connectivity index (χ4v) is 8.85. The molecule has 0 radical (unpaired) electrons. The quantitative estimate of drug-likeness (QED) is 0.176. The van der Waals surface area contributed by atoms with Crippen molar-refractivity contribution in [1.29, 1.82) is 0 Å². The Kier molecular flexibility index (Phi) is 7.29. The maximum atomic E-state index is 6.23. The van der Waals surface area contributed by atoms with E-state index in [1.807, 2.05) is 54.6 Å². The number of aromatic nitrogens is 4. The number of aryl methyl sites for hydroxylation is 1. The molecule has 0 unspecified atom stereocenters. The van der Waals surface area contributed by atoms with Crippen molar-refractivity contribution >= 4 is 60.6 Å². The van der Waals surface area contributed by atoms with Gasteiger partial charge in [-0.3, -0.25) is 0 Å². The van der Waals surface area contributed by atoms with Gasteiger partial charge in [0.25, 0.3) is 0 Å². The Hall–Kier alpha value is -7.63. The van der Waals surface area contributed by atoms with Crippen LogP contribution in [0, 0.1) is 0 Å². The van der Waals surface area contributed by atoms with Crippen molar-refractivity contribution in [3.05, 3.63) is 187 Å². The van der Waals surface area contributed by atoms with Crippen LogP contribution < -0.4 is 0 Å². The molecule has 0 atom stereocenters. The molecule has 11 aromatic rings. The Balaban J connectivity index is 0.920. The highest BCUT2D eigenvalue weighted by Gasteiger charge is 2.20. The first kappa shape index (κ1) is 32.6. The first-order valence-electron chi connectivity index (χ1n) is 19.8. The summed E-state index contributed by atoms with van der Waals surface area (Å²) in [6.07, 6.45) is 6.71. The molecule has 58 heavy (non-hydrogen) atoms. The third kappa shape index (κ3) is 5.28. The Morgan fingerprint density at radius 1 is 0.448 bits per heavy atom. The van der Waals surface area contributed by atoms with E-state index in [1.165, 1.54) is 43.7 Å². The predicted molar refractivity (Wildman–Crippen MR) is 238 cm³/mol. The van der Waals surface area contributed by atoms with E-state index in [9.17, 15) is 0 Å². The number of allylic oxidation sites excluding steroid dienone is 1. The largest absolute Gasteiger partial charge is 0.456 e. The lowest BCUT2D eigenvalue weighted by molar-refractivity contribution is 0.669. The summed E-state index contributed by atoms with van der Waals surface area (Å²) in [5.41, 5.74) is 13.1. The van der Waals surface area contributed by atoms with Crippen molar-refractivity contribution < 1.29 is 4.42 Å². The van der Waals surface area contributed by atoms with E-state index in [0.717, 1.165) is 68.3 Å². The molecule has 0 fully saturated rings. The number of benzene rings is 8. The van der Waals surface area contributed by atoms with Gasteiger partial charge in [-0.2, -0.15) is 0 Å². The van der Waals surface area contributed by atoms with Crippen molar-refractivity contribution in [3.8, 4) is 51.0 Å². The van der Waals surface area contributed by atoms with Crippen LogP contribution in [0.1, 0.15) is 17.5 Å². The van der Waals surface area contributed by atoms with Gasteiger partial charge in [0, 0.05) is 43.9 Å². The molecular formula is C53H34N4O.